The van der Waals surface area contributed by atoms with Crippen molar-refractivity contribution in [2.75, 3.05) is 31.6 Å². The van der Waals surface area contributed by atoms with Gasteiger partial charge in [-0.05, 0) is 60.4 Å². The summed E-state index contributed by atoms with van der Waals surface area (Å²) in [5, 5.41) is 0. The zero-order chi connectivity index (χ0) is 13.1. The molecule has 0 aromatic carbocycles. The molecule has 0 aliphatic carbocycles. The van der Waals surface area contributed by atoms with E-state index >= 15 is 0 Å². The van der Waals surface area contributed by atoms with E-state index < -0.39 is 0 Å². The third-order valence-corrected chi connectivity index (χ3v) is 4.80. The number of nitrogens with zero attached hydrogens (tertiary/aromatic N) is 3. The van der Waals surface area contributed by atoms with Gasteiger partial charge in [-0.3, -0.25) is 4.90 Å². The number of aromatic nitrogens is 1. The average molecular weight is 312 g/mol. The molecule has 0 N–H and O–H groups in total. The molecule has 1 unspecified atom stereocenters. The van der Waals surface area contributed by atoms with Gasteiger partial charge < -0.3 is 4.90 Å². The molecule has 0 bridgehead atoms. The lowest BCUT2D eigenvalue weighted by Crippen LogP contribution is -2.39. The van der Waals surface area contributed by atoms with E-state index in [4.69, 9.17) is 0 Å². The standard InChI is InChI=1S/C14H22BrN3/c1-4-18-9-5-6-12(18)10-17(3)14-13(15)11(2)7-8-16-14/h7-8,12H,4-6,9-10H2,1-3H3. The van der Waals surface area contributed by atoms with Gasteiger partial charge >= 0.3 is 0 Å². The van der Waals surface area contributed by atoms with Crippen LogP contribution in [0.15, 0.2) is 16.7 Å². The molecule has 100 valence electrons. The number of hydrogen-bond donors (Lipinski definition) is 0. The molecule has 1 aliphatic heterocycles. The Morgan fingerprint density at radius 2 is 2.33 bits per heavy atom. The molecule has 1 aromatic heterocycles. The summed E-state index contributed by atoms with van der Waals surface area (Å²) in [5.74, 6) is 1.05. The fourth-order valence-corrected chi connectivity index (χ4v) is 3.25. The van der Waals surface area contributed by atoms with Crippen molar-refractivity contribution in [2.45, 2.75) is 32.7 Å². The van der Waals surface area contributed by atoms with Crippen LogP contribution in [0, 0.1) is 6.92 Å². The number of likely N-dealkylation sites (N-methyl/N-ethyl adjacent to an activating group) is 2. The Morgan fingerprint density at radius 1 is 1.56 bits per heavy atom. The third-order valence-electron chi connectivity index (χ3n) is 3.82. The molecule has 0 amide bonds. The summed E-state index contributed by atoms with van der Waals surface area (Å²) in [7, 11) is 2.14. The van der Waals surface area contributed by atoms with E-state index in [1.807, 2.05) is 12.3 Å². The highest BCUT2D eigenvalue weighted by Gasteiger charge is 2.25. The molecule has 1 aromatic rings. The van der Waals surface area contributed by atoms with Gasteiger partial charge in [-0.1, -0.05) is 6.92 Å². The maximum atomic E-state index is 4.49. The van der Waals surface area contributed by atoms with Crippen molar-refractivity contribution in [3.63, 3.8) is 0 Å². The van der Waals surface area contributed by atoms with Crippen molar-refractivity contribution in [1.82, 2.24) is 9.88 Å². The molecular weight excluding hydrogens is 290 g/mol. The van der Waals surface area contributed by atoms with Crippen LogP contribution in [0.2, 0.25) is 0 Å². The van der Waals surface area contributed by atoms with E-state index in [0.717, 1.165) is 23.4 Å². The van der Waals surface area contributed by atoms with E-state index in [9.17, 15) is 0 Å². The summed E-state index contributed by atoms with van der Waals surface area (Å²) in [4.78, 5) is 9.34. The van der Waals surface area contributed by atoms with Crippen LogP contribution in [0.1, 0.15) is 25.3 Å². The predicted octanol–water partition coefficient (Wildman–Crippen LogP) is 3.07. The van der Waals surface area contributed by atoms with Crippen molar-refractivity contribution in [2.24, 2.45) is 0 Å². The summed E-state index contributed by atoms with van der Waals surface area (Å²) < 4.78 is 1.12. The van der Waals surface area contributed by atoms with Gasteiger partial charge in [0.2, 0.25) is 0 Å². The van der Waals surface area contributed by atoms with Crippen LogP contribution in [-0.2, 0) is 0 Å². The molecule has 2 rings (SSSR count). The van der Waals surface area contributed by atoms with E-state index in [1.54, 1.807) is 0 Å². The van der Waals surface area contributed by atoms with Crippen LogP contribution in [0.4, 0.5) is 5.82 Å². The van der Waals surface area contributed by atoms with Crippen LogP contribution in [0.5, 0.6) is 0 Å². The van der Waals surface area contributed by atoms with Gasteiger partial charge in [0.15, 0.2) is 0 Å². The molecule has 0 spiro atoms. The van der Waals surface area contributed by atoms with Crippen LogP contribution in [-0.4, -0.2) is 42.6 Å². The van der Waals surface area contributed by atoms with Gasteiger partial charge in [0.25, 0.3) is 0 Å². The Kier molecular flexibility index (Phi) is 4.62. The number of aryl methyl sites for hydroxylation is 1. The number of hydrogen-bond acceptors (Lipinski definition) is 3. The monoisotopic (exact) mass is 311 g/mol. The highest BCUT2D eigenvalue weighted by Crippen LogP contribution is 2.27. The second-order valence-electron chi connectivity index (χ2n) is 5.07. The molecule has 2 heterocycles. The third kappa shape index (κ3) is 2.86. The number of likely N-dealkylation sites (tertiary alicyclic amines) is 1. The Labute approximate surface area is 118 Å². The van der Waals surface area contributed by atoms with E-state index in [2.05, 4.69) is 51.6 Å². The zero-order valence-corrected chi connectivity index (χ0v) is 13.1. The minimum absolute atomic E-state index is 0.675. The summed E-state index contributed by atoms with van der Waals surface area (Å²) in [6.07, 6.45) is 4.52. The van der Waals surface area contributed by atoms with Crippen molar-refractivity contribution < 1.29 is 0 Å². The van der Waals surface area contributed by atoms with Crippen molar-refractivity contribution in [3.8, 4) is 0 Å². The SMILES string of the molecule is CCN1CCCC1CN(C)c1nccc(C)c1Br. The van der Waals surface area contributed by atoms with Gasteiger partial charge in [0, 0.05) is 25.8 Å². The lowest BCUT2D eigenvalue weighted by atomic mass is 10.2. The molecule has 1 aliphatic rings. The maximum absolute atomic E-state index is 4.49. The summed E-state index contributed by atoms with van der Waals surface area (Å²) >= 11 is 3.64. The van der Waals surface area contributed by atoms with Gasteiger partial charge in [-0.2, -0.15) is 0 Å². The van der Waals surface area contributed by atoms with Crippen LogP contribution in [0.25, 0.3) is 0 Å². The number of anilines is 1. The lowest BCUT2D eigenvalue weighted by molar-refractivity contribution is 0.270. The first-order valence-corrected chi connectivity index (χ1v) is 7.49. The second-order valence-corrected chi connectivity index (χ2v) is 5.86. The molecule has 0 radical (unpaired) electrons. The maximum Gasteiger partial charge on any atom is 0.142 e. The van der Waals surface area contributed by atoms with Crippen LogP contribution >= 0.6 is 15.9 Å². The van der Waals surface area contributed by atoms with E-state index in [1.165, 1.54) is 24.9 Å². The minimum atomic E-state index is 0.675. The number of rotatable bonds is 4. The van der Waals surface area contributed by atoms with Crippen LogP contribution < -0.4 is 4.90 Å². The predicted molar refractivity (Wildman–Crippen MR) is 80.2 cm³/mol. The fraction of sp³-hybridized carbons (Fsp3) is 0.643. The Hall–Kier alpha value is -0.610. The molecule has 3 nitrogen and oxygen atoms in total. The molecule has 1 fully saturated rings. The summed E-state index contributed by atoms with van der Waals surface area (Å²) in [6.45, 7) is 7.82. The largest absolute Gasteiger partial charge is 0.357 e. The van der Waals surface area contributed by atoms with E-state index in [0.29, 0.717) is 6.04 Å². The highest BCUT2D eigenvalue weighted by atomic mass is 79.9. The van der Waals surface area contributed by atoms with Gasteiger partial charge in [-0.25, -0.2) is 4.98 Å². The first-order valence-electron chi connectivity index (χ1n) is 6.69. The first-order chi connectivity index (χ1) is 8.63. The molecule has 1 atom stereocenters. The Balaban J connectivity index is 2.07. The van der Waals surface area contributed by atoms with Gasteiger partial charge in [-0.15, -0.1) is 0 Å². The number of halogens is 1. The topological polar surface area (TPSA) is 19.4 Å². The number of pyridine rings is 1. The zero-order valence-electron chi connectivity index (χ0n) is 11.5. The minimum Gasteiger partial charge on any atom is -0.357 e. The highest BCUT2D eigenvalue weighted by molar-refractivity contribution is 9.10. The normalized spacial score (nSPS) is 20.3. The Bertz CT molecular complexity index is 408. The van der Waals surface area contributed by atoms with Crippen molar-refractivity contribution in [3.05, 3.63) is 22.3 Å². The molecule has 0 saturated carbocycles. The average Bonchev–Trinajstić information content (AvgIpc) is 2.79. The molecule has 18 heavy (non-hydrogen) atoms. The van der Waals surface area contributed by atoms with E-state index in [-0.39, 0.29) is 0 Å². The van der Waals surface area contributed by atoms with Gasteiger partial charge in [0.05, 0.1) is 4.47 Å². The molecule has 1 saturated heterocycles. The van der Waals surface area contributed by atoms with Gasteiger partial charge in [0.1, 0.15) is 5.82 Å². The Morgan fingerprint density at radius 3 is 3.06 bits per heavy atom. The first kappa shape index (κ1) is 13.8. The molecular formula is C14H22BrN3. The van der Waals surface area contributed by atoms with Crippen LogP contribution in [0.3, 0.4) is 0 Å². The second kappa shape index (κ2) is 6.02. The fourth-order valence-electron chi connectivity index (χ4n) is 2.71. The quantitative estimate of drug-likeness (QED) is 0.852. The van der Waals surface area contributed by atoms with Crippen molar-refractivity contribution in [1.29, 1.82) is 0 Å². The smallest absolute Gasteiger partial charge is 0.142 e. The lowest BCUT2D eigenvalue weighted by Gasteiger charge is -2.29. The summed E-state index contributed by atoms with van der Waals surface area (Å²) in [6, 6.07) is 2.71. The summed E-state index contributed by atoms with van der Waals surface area (Å²) in [5.41, 5.74) is 1.24. The van der Waals surface area contributed by atoms with Crippen molar-refractivity contribution >= 4 is 21.7 Å². The molecule has 4 heteroatoms.